The Hall–Kier alpha value is -1.49. The van der Waals surface area contributed by atoms with E-state index in [2.05, 4.69) is 4.99 Å². The van der Waals surface area contributed by atoms with Gasteiger partial charge >= 0.3 is 0 Å². The Morgan fingerprint density at radius 3 is 2.85 bits per heavy atom. The van der Waals surface area contributed by atoms with Crippen molar-refractivity contribution in [3.63, 3.8) is 0 Å². The first-order valence-corrected chi connectivity index (χ1v) is 7.01. The Kier molecular flexibility index (Phi) is 3.46. The summed E-state index contributed by atoms with van der Waals surface area (Å²) < 4.78 is 0. The maximum atomic E-state index is 12.6. The fourth-order valence-corrected chi connectivity index (χ4v) is 2.80. The molecule has 1 atom stereocenters. The summed E-state index contributed by atoms with van der Waals surface area (Å²) in [5, 5.41) is 0.831. The zero-order valence-corrected chi connectivity index (χ0v) is 12.4. The Morgan fingerprint density at radius 1 is 1.25 bits per heavy atom. The molecule has 3 rings (SSSR count). The molecule has 2 aliphatic rings. The van der Waals surface area contributed by atoms with Gasteiger partial charge in [-0.15, -0.1) is 0 Å². The van der Waals surface area contributed by atoms with Gasteiger partial charge in [0.2, 0.25) is 11.0 Å². The number of benzene rings is 1. The molecule has 1 unspecified atom stereocenters. The van der Waals surface area contributed by atoms with Crippen LogP contribution in [-0.2, 0) is 4.79 Å². The van der Waals surface area contributed by atoms with E-state index in [0.717, 1.165) is 0 Å². The number of fused-ring (bicyclic) bond motifs is 1. The van der Waals surface area contributed by atoms with Gasteiger partial charge in [-0.25, -0.2) is 4.99 Å². The summed E-state index contributed by atoms with van der Waals surface area (Å²) in [7, 11) is 0. The highest BCUT2D eigenvalue weighted by Gasteiger charge is 2.35. The number of nitrogens with zero attached hydrogens (tertiary/aromatic N) is 2. The third kappa shape index (κ3) is 2.10. The second-order valence-corrected chi connectivity index (χ2v) is 5.44. The van der Waals surface area contributed by atoms with Gasteiger partial charge in [-0.2, -0.15) is 0 Å². The SMILES string of the molecule is O=C1C2C=CC=CC2=NC(=S)N1c1cccc(Cl)c1Cl. The van der Waals surface area contributed by atoms with Gasteiger partial charge in [0.15, 0.2) is 0 Å². The average Bonchev–Trinajstić information content (AvgIpc) is 2.43. The van der Waals surface area contributed by atoms with Crippen LogP contribution in [0.1, 0.15) is 0 Å². The van der Waals surface area contributed by atoms with Crippen molar-refractivity contribution in [1.82, 2.24) is 0 Å². The molecule has 1 aliphatic heterocycles. The third-order valence-corrected chi connectivity index (χ3v) is 4.16. The normalized spacial score (nSPS) is 21.0. The summed E-state index contributed by atoms with van der Waals surface area (Å²) in [6.45, 7) is 0. The van der Waals surface area contributed by atoms with Crippen LogP contribution < -0.4 is 4.90 Å². The van der Waals surface area contributed by atoms with Crippen LogP contribution >= 0.6 is 35.4 Å². The van der Waals surface area contributed by atoms with Gasteiger partial charge < -0.3 is 0 Å². The van der Waals surface area contributed by atoms with Gasteiger partial charge in [-0.3, -0.25) is 9.69 Å². The lowest BCUT2D eigenvalue weighted by Crippen LogP contribution is -2.46. The number of allylic oxidation sites excluding steroid dienone is 3. The molecular weight excluding hydrogens is 315 g/mol. The molecule has 1 aromatic rings. The van der Waals surface area contributed by atoms with Crippen molar-refractivity contribution >= 4 is 57.8 Å². The van der Waals surface area contributed by atoms with E-state index in [1.165, 1.54) is 4.90 Å². The first-order valence-electron chi connectivity index (χ1n) is 5.85. The number of halogens is 2. The summed E-state index contributed by atoms with van der Waals surface area (Å²) in [5.41, 5.74) is 1.11. The van der Waals surface area contributed by atoms with Crippen LogP contribution in [0.15, 0.2) is 47.5 Å². The molecule has 6 heteroatoms. The van der Waals surface area contributed by atoms with E-state index < -0.39 is 5.92 Å². The van der Waals surface area contributed by atoms with Crippen molar-refractivity contribution in [2.24, 2.45) is 10.9 Å². The van der Waals surface area contributed by atoms with E-state index in [0.29, 0.717) is 21.4 Å². The average molecular weight is 323 g/mol. The lowest BCUT2D eigenvalue weighted by molar-refractivity contribution is -0.118. The number of rotatable bonds is 1. The molecule has 0 spiro atoms. The van der Waals surface area contributed by atoms with E-state index >= 15 is 0 Å². The lowest BCUT2D eigenvalue weighted by Gasteiger charge is -2.30. The molecule has 0 fully saturated rings. The van der Waals surface area contributed by atoms with Crippen LogP contribution in [0.3, 0.4) is 0 Å². The summed E-state index contributed by atoms with van der Waals surface area (Å²) in [5.74, 6) is -0.605. The van der Waals surface area contributed by atoms with Gasteiger partial charge in [-0.05, 0) is 30.4 Å². The second kappa shape index (κ2) is 5.13. The molecule has 1 aliphatic carbocycles. The highest BCUT2D eigenvalue weighted by Crippen LogP contribution is 2.35. The minimum Gasteiger partial charge on any atom is -0.273 e. The number of aliphatic imine (C=N–C) groups is 1. The number of carbonyl (C=O) groups is 1. The van der Waals surface area contributed by atoms with Crippen LogP contribution in [0.5, 0.6) is 0 Å². The predicted molar refractivity (Wildman–Crippen MR) is 85.8 cm³/mol. The number of carbonyl (C=O) groups excluding carboxylic acids is 1. The van der Waals surface area contributed by atoms with Crippen molar-refractivity contribution in [2.45, 2.75) is 0 Å². The Bertz CT molecular complexity index is 709. The standard InChI is InChI=1S/C14H8Cl2N2OS/c15-9-5-3-7-11(12(9)16)18-13(19)8-4-1-2-6-10(8)17-14(18)20/h1-8H. The molecule has 100 valence electrons. The van der Waals surface area contributed by atoms with E-state index in [1.807, 2.05) is 12.2 Å². The first-order chi connectivity index (χ1) is 9.59. The summed E-state index contributed by atoms with van der Waals surface area (Å²) >= 11 is 17.4. The van der Waals surface area contributed by atoms with Crippen LogP contribution in [-0.4, -0.2) is 16.7 Å². The molecule has 0 aromatic heterocycles. The van der Waals surface area contributed by atoms with E-state index in [-0.39, 0.29) is 11.0 Å². The zero-order chi connectivity index (χ0) is 14.3. The van der Waals surface area contributed by atoms with Crippen molar-refractivity contribution in [3.8, 4) is 0 Å². The molecule has 0 bridgehead atoms. The van der Waals surface area contributed by atoms with Gasteiger partial charge in [0.1, 0.15) is 0 Å². The fraction of sp³-hybridized carbons (Fsp3) is 0.0714. The van der Waals surface area contributed by atoms with Crippen LogP contribution in [0.4, 0.5) is 5.69 Å². The van der Waals surface area contributed by atoms with Gasteiger partial charge in [0, 0.05) is 0 Å². The summed E-state index contributed by atoms with van der Waals surface area (Å²) in [6, 6.07) is 5.07. The van der Waals surface area contributed by atoms with Crippen LogP contribution in [0.2, 0.25) is 10.0 Å². The zero-order valence-electron chi connectivity index (χ0n) is 10.1. The highest BCUT2D eigenvalue weighted by atomic mass is 35.5. The van der Waals surface area contributed by atoms with Crippen LogP contribution in [0.25, 0.3) is 0 Å². The Morgan fingerprint density at radius 2 is 2.05 bits per heavy atom. The number of hydrogen-bond acceptors (Lipinski definition) is 2. The lowest BCUT2D eigenvalue weighted by atomic mass is 9.95. The Balaban J connectivity index is 2.11. The maximum absolute atomic E-state index is 12.6. The maximum Gasteiger partial charge on any atom is 0.246 e. The molecule has 0 N–H and O–H groups in total. The topological polar surface area (TPSA) is 32.7 Å². The minimum atomic E-state index is -0.429. The molecule has 1 amide bonds. The first kappa shape index (κ1) is 13.5. The number of hydrogen-bond donors (Lipinski definition) is 0. The summed E-state index contributed by atoms with van der Waals surface area (Å²) in [4.78, 5) is 18.2. The second-order valence-electron chi connectivity index (χ2n) is 4.29. The molecular formula is C14H8Cl2N2OS. The van der Waals surface area contributed by atoms with Crippen molar-refractivity contribution in [2.75, 3.05) is 4.90 Å². The van der Waals surface area contributed by atoms with E-state index in [4.69, 9.17) is 35.4 Å². The van der Waals surface area contributed by atoms with Crippen molar-refractivity contribution in [1.29, 1.82) is 0 Å². The number of amides is 1. The number of anilines is 1. The van der Waals surface area contributed by atoms with Crippen LogP contribution in [0, 0.1) is 5.92 Å². The fourth-order valence-electron chi connectivity index (χ4n) is 2.13. The van der Waals surface area contributed by atoms with Crippen molar-refractivity contribution in [3.05, 3.63) is 52.5 Å². The predicted octanol–water partition coefficient (Wildman–Crippen LogP) is 3.81. The third-order valence-electron chi connectivity index (χ3n) is 3.07. The van der Waals surface area contributed by atoms with E-state index in [9.17, 15) is 4.79 Å². The summed E-state index contributed by atoms with van der Waals surface area (Å²) in [6.07, 6.45) is 7.21. The smallest absolute Gasteiger partial charge is 0.246 e. The van der Waals surface area contributed by atoms with Gasteiger partial charge in [0.05, 0.1) is 27.4 Å². The largest absolute Gasteiger partial charge is 0.273 e. The minimum absolute atomic E-state index is 0.172. The Labute approximate surface area is 131 Å². The van der Waals surface area contributed by atoms with Gasteiger partial charge in [-0.1, -0.05) is 47.5 Å². The molecule has 1 aromatic carbocycles. The molecule has 0 saturated carbocycles. The highest BCUT2D eigenvalue weighted by molar-refractivity contribution is 7.80. The molecule has 1 heterocycles. The molecule has 20 heavy (non-hydrogen) atoms. The molecule has 3 nitrogen and oxygen atoms in total. The molecule has 0 saturated heterocycles. The van der Waals surface area contributed by atoms with Crippen molar-refractivity contribution < 1.29 is 4.79 Å². The molecule has 0 radical (unpaired) electrons. The quantitative estimate of drug-likeness (QED) is 0.736. The number of thiocarbonyl (C=S) groups is 1. The monoisotopic (exact) mass is 322 g/mol. The van der Waals surface area contributed by atoms with E-state index in [1.54, 1.807) is 30.4 Å². The van der Waals surface area contributed by atoms with Gasteiger partial charge in [0.25, 0.3) is 0 Å².